The Morgan fingerprint density at radius 2 is 1.94 bits per heavy atom. The van der Waals surface area contributed by atoms with Crippen molar-refractivity contribution in [2.75, 3.05) is 6.54 Å². The van der Waals surface area contributed by atoms with E-state index in [0.717, 1.165) is 24.7 Å². The van der Waals surface area contributed by atoms with Crippen LogP contribution < -0.4 is 0 Å². The molecule has 0 radical (unpaired) electrons. The van der Waals surface area contributed by atoms with Crippen molar-refractivity contribution in [3.8, 4) is 0 Å². The van der Waals surface area contributed by atoms with E-state index in [2.05, 4.69) is 31.2 Å². The van der Waals surface area contributed by atoms with Crippen molar-refractivity contribution in [1.29, 1.82) is 0 Å². The molecule has 0 saturated heterocycles. The molecule has 1 atom stereocenters. The largest absolute Gasteiger partial charge is 0.292 e. The number of carbonyl (C=O) groups excluding carboxylic acids is 1. The highest BCUT2D eigenvalue weighted by Gasteiger charge is 2.35. The third-order valence-electron chi connectivity index (χ3n) is 3.19. The smallest absolute Gasteiger partial charge is 0.182 e. The highest BCUT2D eigenvalue weighted by molar-refractivity contribution is 6.76. The molecule has 1 heterocycles. The van der Waals surface area contributed by atoms with Crippen molar-refractivity contribution in [3.05, 3.63) is 12.2 Å². The van der Waals surface area contributed by atoms with Crippen LogP contribution in [-0.4, -0.2) is 26.1 Å². The Bertz CT molecular complexity index is 382. The first-order valence-electron chi connectivity index (χ1n) is 6.79. The van der Waals surface area contributed by atoms with Crippen molar-refractivity contribution in [2.24, 2.45) is 16.3 Å². The number of carbonyl (C=O) groups is 1. The van der Waals surface area contributed by atoms with E-state index < -0.39 is 8.07 Å². The molecule has 0 N–H and O–H groups in total. The maximum Gasteiger partial charge on any atom is 0.182 e. The minimum Gasteiger partial charge on any atom is -0.292 e. The van der Waals surface area contributed by atoms with Crippen molar-refractivity contribution < 1.29 is 4.79 Å². The van der Waals surface area contributed by atoms with Crippen LogP contribution in [0.25, 0.3) is 0 Å². The van der Waals surface area contributed by atoms with Gasteiger partial charge < -0.3 is 0 Å². The van der Waals surface area contributed by atoms with E-state index in [1.165, 1.54) is 5.57 Å². The summed E-state index contributed by atoms with van der Waals surface area (Å²) in [5.41, 5.74) is 1.68. The molecule has 1 unspecified atom stereocenters. The van der Waals surface area contributed by atoms with E-state index >= 15 is 0 Å². The fourth-order valence-electron chi connectivity index (χ4n) is 2.38. The molecular formula is C15H27NOSi. The lowest BCUT2D eigenvalue weighted by molar-refractivity contribution is -0.119. The van der Waals surface area contributed by atoms with E-state index in [1.54, 1.807) is 0 Å². The second-order valence-electron chi connectivity index (χ2n) is 7.58. The molecule has 1 rings (SSSR count). The summed E-state index contributed by atoms with van der Waals surface area (Å²) in [7, 11) is -1.16. The van der Waals surface area contributed by atoms with Crippen LogP contribution in [0.4, 0.5) is 0 Å². The number of hydrogen-bond acceptors (Lipinski definition) is 2. The van der Waals surface area contributed by atoms with Crippen LogP contribution in [0.2, 0.25) is 25.7 Å². The van der Waals surface area contributed by atoms with Gasteiger partial charge in [0, 0.05) is 26.0 Å². The summed E-state index contributed by atoms with van der Waals surface area (Å²) < 4.78 is 0. The Morgan fingerprint density at radius 3 is 2.39 bits per heavy atom. The first kappa shape index (κ1) is 15.4. The first-order chi connectivity index (χ1) is 8.02. The number of hydrogen-bond donors (Lipinski definition) is 0. The van der Waals surface area contributed by atoms with Crippen molar-refractivity contribution >= 4 is 19.6 Å². The molecule has 0 aromatic carbocycles. The predicted molar refractivity (Wildman–Crippen MR) is 82.2 cm³/mol. The summed E-state index contributed by atoms with van der Waals surface area (Å²) in [5, 5.41) is 0. The first-order valence-corrected chi connectivity index (χ1v) is 10.5. The highest BCUT2D eigenvalue weighted by atomic mass is 28.3. The molecule has 0 bridgehead atoms. The standard InChI is InChI=1S/C15H27NOSi/c1-11(10-18(5,6)7)12-8-9-16-13(12)14(17)15(2,3)4/h12H,1,8-10H2,2-7H3. The van der Waals surface area contributed by atoms with Gasteiger partial charge >= 0.3 is 0 Å². The van der Waals surface area contributed by atoms with Gasteiger partial charge in [0.05, 0.1) is 5.71 Å². The Labute approximate surface area is 113 Å². The van der Waals surface area contributed by atoms with Gasteiger partial charge in [0.25, 0.3) is 0 Å². The molecule has 102 valence electrons. The molecule has 2 nitrogen and oxygen atoms in total. The van der Waals surface area contributed by atoms with Gasteiger partial charge in [0.15, 0.2) is 5.78 Å². The van der Waals surface area contributed by atoms with Crippen LogP contribution in [0.3, 0.4) is 0 Å². The normalized spacial score (nSPS) is 20.8. The van der Waals surface area contributed by atoms with Gasteiger partial charge in [-0.3, -0.25) is 9.79 Å². The zero-order valence-electron chi connectivity index (χ0n) is 12.8. The number of allylic oxidation sites excluding steroid dienone is 1. The fraction of sp³-hybridized carbons (Fsp3) is 0.733. The topological polar surface area (TPSA) is 29.4 Å². The molecule has 0 aliphatic carbocycles. The zero-order valence-corrected chi connectivity index (χ0v) is 13.8. The summed E-state index contributed by atoms with van der Waals surface area (Å²) in [4.78, 5) is 16.8. The van der Waals surface area contributed by atoms with Crippen LogP contribution in [0.15, 0.2) is 17.1 Å². The number of aliphatic imine (C=N–C) groups is 1. The van der Waals surface area contributed by atoms with Gasteiger partial charge in [-0.15, -0.1) is 0 Å². The van der Waals surface area contributed by atoms with Gasteiger partial charge in [-0.1, -0.05) is 52.6 Å². The van der Waals surface area contributed by atoms with E-state index in [-0.39, 0.29) is 17.1 Å². The SMILES string of the molecule is C=C(C[Si](C)(C)C)C1CCN=C1C(=O)C(C)(C)C. The number of nitrogens with zero attached hydrogens (tertiary/aromatic N) is 1. The summed E-state index contributed by atoms with van der Waals surface area (Å²) in [5.74, 6) is 0.408. The number of rotatable bonds is 4. The quantitative estimate of drug-likeness (QED) is 0.559. The minimum absolute atomic E-state index is 0.196. The lowest BCUT2D eigenvalue weighted by atomic mass is 9.82. The molecule has 0 amide bonds. The van der Waals surface area contributed by atoms with E-state index in [0.29, 0.717) is 0 Å². The van der Waals surface area contributed by atoms with E-state index in [9.17, 15) is 4.79 Å². The Morgan fingerprint density at radius 1 is 1.39 bits per heavy atom. The van der Waals surface area contributed by atoms with E-state index in [4.69, 9.17) is 0 Å². The van der Waals surface area contributed by atoms with Crippen LogP contribution in [0.1, 0.15) is 27.2 Å². The maximum atomic E-state index is 12.4. The molecule has 0 fully saturated rings. The second-order valence-corrected chi connectivity index (χ2v) is 13.1. The van der Waals surface area contributed by atoms with Gasteiger partial charge in [0.2, 0.25) is 0 Å². The van der Waals surface area contributed by atoms with Crippen molar-refractivity contribution in [3.63, 3.8) is 0 Å². The van der Waals surface area contributed by atoms with Gasteiger partial charge in [0.1, 0.15) is 0 Å². The third-order valence-corrected chi connectivity index (χ3v) is 4.71. The third kappa shape index (κ3) is 3.90. The second kappa shape index (κ2) is 5.12. The van der Waals surface area contributed by atoms with Crippen LogP contribution in [0, 0.1) is 11.3 Å². The van der Waals surface area contributed by atoms with Crippen LogP contribution >= 0.6 is 0 Å². The summed E-state index contributed by atoms with van der Waals surface area (Å²) >= 11 is 0. The monoisotopic (exact) mass is 265 g/mol. The molecule has 0 spiro atoms. The lowest BCUT2D eigenvalue weighted by Gasteiger charge is -2.25. The molecule has 1 aliphatic rings. The average Bonchev–Trinajstić information content (AvgIpc) is 2.60. The minimum atomic E-state index is -1.16. The highest BCUT2D eigenvalue weighted by Crippen LogP contribution is 2.31. The van der Waals surface area contributed by atoms with Gasteiger partial charge in [-0.05, 0) is 12.5 Å². The van der Waals surface area contributed by atoms with Crippen LogP contribution in [-0.2, 0) is 4.79 Å². The summed E-state index contributed by atoms with van der Waals surface area (Å²) in [6.07, 6.45) is 0.973. The molecule has 0 aromatic heterocycles. The average molecular weight is 265 g/mol. The zero-order chi connectivity index (χ0) is 14.1. The Kier molecular flexibility index (Phi) is 4.37. The summed E-state index contributed by atoms with van der Waals surface area (Å²) in [6, 6.07) is 1.09. The van der Waals surface area contributed by atoms with Gasteiger partial charge in [-0.2, -0.15) is 0 Å². The summed E-state index contributed by atoms with van der Waals surface area (Å²) in [6.45, 7) is 18.0. The molecule has 1 aliphatic heterocycles. The Balaban J connectivity index is 2.83. The Hall–Kier alpha value is -0.703. The number of Topliss-reactive ketones (excluding diaryl/α,β-unsaturated/α-hetero) is 1. The van der Waals surface area contributed by atoms with E-state index in [1.807, 2.05) is 20.8 Å². The molecule has 0 aromatic rings. The molecule has 18 heavy (non-hydrogen) atoms. The van der Waals surface area contributed by atoms with Crippen molar-refractivity contribution in [2.45, 2.75) is 52.9 Å². The molecular weight excluding hydrogens is 238 g/mol. The van der Waals surface area contributed by atoms with Crippen LogP contribution in [0.5, 0.6) is 0 Å². The molecule has 3 heteroatoms. The molecule has 0 saturated carbocycles. The lowest BCUT2D eigenvalue weighted by Crippen LogP contribution is -2.33. The number of ketones is 1. The predicted octanol–water partition coefficient (Wildman–Crippen LogP) is 3.96. The van der Waals surface area contributed by atoms with Gasteiger partial charge in [-0.25, -0.2) is 0 Å². The maximum absolute atomic E-state index is 12.4. The fourth-order valence-corrected chi connectivity index (χ4v) is 3.99. The van der Waals surface area contributed by atoms with Crippen molar-refractivity contribution in [1.82, 2.24) is 0 Å².